The van der Waals surface area contributed by atoms with Crippen molar-refractivity contribution in [2.24, 2.45) is 5.10 Å². The van der Waals surface area contributed by atoms with Gasteiger partial charge < -0.3 is 14.2 Å². The van der Waals surface area contributed by atoms with E-state index >= 15 is 0 Å². The van der Waals surface area contributed by atoms with Gasteiger partial charge in [-0.25, -0.2) is 5.10 Å². The van der Waals surface area contributed by atoms with Gasteiger partial charge in [-0.2, -0.15) is 14.9 Å². The SMILES string of the molecule is COc1cc(-c2n[nH]c(=S)n2N=Cc2ccc(Cl)cc2)cc(OC)c1OC. The second kappa shape index (κ2) is 8.24. The summed E-state index contributed by atoms with van der Waals surface area (Å²) in [7, 11) is 4.65. The monoisotopic (exact) mass is 404 g/mol. The number of rotatable bonds is 6. The molecule has 1 heterocycles. The van der Waals surface area contributed by atoms with Gasteiger partial charge >= 0.3 is 0 Å². The van der Waals surface area contributed by atoms with Crippen LogP contribution in [0, 0.1) is 4.77 Å². The summed E-state index contributed by atoms with van der Waals surface area (Å²) in [5.74, 6) is 2.02. The highest BCUT2D eigenvalue weighted by atomic mass is 35.5. The van der Waals surface area contributed by atoms with Gasteiger partial charge in [0, 0.05) is 10.6 Å². The van der Waals surface area contributed by atoms with Crippen LogP contribution in [0.25, 0.3) is 11.4 Å². The minimum Gasteiger partial charge on any atom is -0.493 e. The third-order valence-electron chi connectivity index (χ3n) is 3.77. The summed E-state index contributed by atoms with van der Waals surface area (Å²) in [5, 5.41) is 12.1. The van der Waals surface area contributed by atoms with E-state index in [9.17, 15) is 0 Å². The molecule has 1 aromatic heterocycles. The van der Waals surface area contributed by atoms with Crippen LogP contribution in [0.4, 0.5) is 0 Å². The molecular weight excluding hydrogens is 388 g/mol. The van der Waals surface area contributed by atoms with E-state index in [2.05, 4.69) is 15.3 Å². The zero-order valence-corrected chi connectivity index (χ0v) is 16.5. The Kier molecular flexibility index (Phi) is 5.78. The molecule has 0 spiro atoms. The van der Waals surface area contributed by atoms with E-state index in [4.69, 9.17) is 38.0 Å². The largest absolute Gasteiger partial charge is 0.493 e. The molecule has 140 valence electrons. The Hall–Kier alpha value is -2.84. The molecule has 0 bridgehead atoms. The smallest absolute Gasteiger partial charge is 0.216 e. The molecule has 0 saturated carbocycles. The minimum atomic E-state index is 0.351. The first-order valence-electron chi connectivity index (χ1n) is 7.85. The Bertz CT molecular complexity index is 1000. The number of hydrogen-bond acceptors (Lipinski definition) is 6. The first kappa shape index (κ1) is 18.9. The lowest BCUT2D eigenvalue weighted by Gasteiger charge is -2.13. The topological polar surface area (TPSA) is 73.7 Å². The molecule has 0 aliphatic carbocycles. The van der Waals surface area contributed by atoms with Crippen LogP contribution in [0.1, 0.15) is 5.56 Å². The van der Waals surface area contributed by atoms with Crippen molar-refractivity contribution in [2.75, 3.05) is 21.3 Å². The number of methoxy groups -OCH3 is 3. The fourth-order valence-electron chi connectivity index (χ4n) is 2.47. The van der Waals surface area contributed by atoms with Crippen molar-refractivity contribution in [3.05, 3.63) is 51.8 Å². The Balaban J connectivity index is 2.06. The summed E-state index contributed by atoms with van der Waals surface area (Å²) >= 11 is 11.2. The van der Waals surface area contributed by atoms with Gasteiger partial charge in [-0.3, -0.25) is 0 Å². The number of halogens is 1. The highest BCUT2D eigenvalue weighted by molar-refractivity contribution is 7.71. The van der Waals surface area contributed by atoms with Crippen LogP contribution in [-0.2, 0) is 0 Å². The molecule has 3 rings (SSSR count). The molecule has 0 aliphatic heterocycles. The zero-order chi connectivity index (χ0) is 19.4. The lowest BCUT2D eigenvalue weighted by Crippen LogP contribution is -1.99. The third kappa shape index (κ3) is 3.96. The van der Waals surface area contributed by atoms with Crippen LogP contribution >= 0.6 is 23.8 Å². The molecule has 0 atom stereocenters. The van der Waals surface area contributed by atoms with Crippen LogP contribution in [0.2, 0.25) is 5.02 Å². The van der Waals surface area contributed by atoms with E-state index in [0.29, 0.717) is 38.4 Å². The minimum absolute atomic E-state index is 0.351. The molecule has 0 fully saturated rings. The van der Waals surface area contributed by atoms with Gasteiger partial charge in [0.2, 0.25) is 10.5 Å². The van der Waals surface area contributed by atoms with Crippen LogP contribution in [0.3, 0.4) is 0 Å². The van der Waals surface area contributed by atoms with Gasteiger partial charge in [-0.05, 0) is 42.0 Å². The van der Waals surface area contributed by atoms with Crippen molar-refractivity contribution in [1.29, 1.82) is 0 Å². The molecular formula is C18H17ClN4O3S. The number of benzene rings is 2. The molecule has 0 amide bonds. The predicted molar refractivity (Wildman–Crippen MR) is 107 cm³/mol. The van der Waals surface area contributed by atoms with E-state index < -0.39 is 0 Å². The van der Waals surface area contributed by atoms with Crippen LogP contribution in [0.15, 0.2) is 41.5 Å². The fraction of sp³-hybridized carbons (Fsp3) is 0.167. The quantitative estimate of drug-likeness (QED) is 0.493. The maximum Gasteiger partial charge on any atom is 0.216 e. The van der Waals surface area contributed by atoms with Crippen LogP contribution in [0.5, 0.6) is 17.2 Å². The molecule has 3 aromatic rings. The van der Waals surface area contributed by atoms with Crippen LogP contribution < -0.4 is 14.2 Å². The Morgan fingerprint density at radius 1 is 1.07 bits per heavy atom. The molecule has 0 unspecified atom stereocenters. The molecule has 27 heavy (non-hydrogen) atoms. The van der Waals surface area contributed by atoms with Crippen molar-refractivity contribution in [2.45, 2.75) is 0 Å². The second-order valence-corrected chi connectivity index (χ2v) is 6.20. The van der Waals surface area contributed by atoms with Gasteiger partial charge in [-0.1, -0.05) is 23.7 Å². The summed E-state index contributed by atoms with van der Waals surface area (Å²) in [4.78, 5) is 0. The number of ether oxygens (including phenoxy) is 3. The van der Waals surface area contributed by atoms with E-state index in [1.165, 1.54) is 4.68 Å². The fourth-order valence-corrected chi connectivity index (χ4v) is 2.77. The number of nitrogens with one attached hydrogen (secondary N) is 1. The first-order valence-corrected chi connectivity index (χ1v) is 8.63. The van der Waals surface area contributed by atoms with Gasteiger partial charge in [0.25, 0.3) is 0 Å². The second-order valence-electron chi connectivity index (χ2n) is 5.37. The highest BCUT2D eigenvalue weighted by Gasteiger charge is 2.17. The summed E-state index contributed by atoms with van der Waals surface area (Å²) in [5.41, 5.74) is 1.57. The summed E-state index contributed by atoms with van der Waals surface area (Å²) in [6, 6.07) is 10.8. The normalized spacial score (nSPS) is 11.0. The van der Waals surface area contributed by atoms with Gasteiger partial charge in [0.05, 0.1) is 27.5 Å². The average Bonchev–Trinajstić information content (AvgIpc) is 3.06. The number of nitrogens with zero attached hydrogens (tertiary/aromatic N) is 3. The lowest BCUT2D eigenvalue weighted by atomic mass is 10.1. The van der Waals surface area contributed by atoms with Gasteiger partial charge in [0.1, 0.15) is 0 Å². The third-order valence-corrected chi connectivity index (χ3v) is 4.28. The van der Waals surface area contributed by atoms with Crippen LogP contribution in [-0.4, -0.2) is 42.4 Å². The zero-order valence-electron chi connectivity index (χ0n) is 14.9. The van der Waals surface area contributed by atoms with E-state index in [-0.39, 0.29) is 0 Å². The molecule has 0 aliphatic rings. The predicted octanol–water partition coefficient (Wildman–Crippen LogP) is 4.17. The van der Waals surface area contributed by atoms with E-state index in [1.807, 2.05) is 12.1 Å². The first-order chi connectivity index (χ1) is 13.1. The summed E-state index contributed by atoms with van der Waals surface area (Å²) in [6.45, 7) is 0. The summed E-state index contributed by atoms with van der Waals surface area (Å²) < 4.78 is 18.0. The van der Waals surface area contributed by atoms with Crippen molar-refractivity contribution >= 4 is 30.0 Å². The van der Waals surface area contributed by atoms with Crippen molar-refractivity contribution < 1.29 is 14.2 Å². The van der Waals surface area contributed by atoms with Gasteiger partial charge in [0.15, 0.2) is 17.3 Å². The molecule has 0 radical (unpaired) electrons. The molecule has 2 aromatic carbocycles. The number of hydrogen-bond donors (Lipinski definition) is 1. The maximum absolute atomic E-state index is 5.91. The standard InChI is InChI=1S/C18H17ClN4O3S/c1-24-14-8-12(9-15(25-2)16(14)26-3)17-21-22-18(27)23(17)20-10-11-4-6-13(19)7-5-11/h4-10H,1-3H3,(H,22,27). The van der Waals surface area contributed by atoms with E-state index in [0.717, 1.165) is 5.56 Å². The maximum atomic E-state index is 5.91. The van der Waals surface area contributed by atoms with Crippen molar-refractivity contribution in [3.63, 3.8) is 0 Å². The van der Waals surface area contributed by atoms with Crippen molar-refractivity contribution in [3.8, 4) is 28.6 Å². The Labute approximate surface area is 166 Å². The number of H-pyrrole nitrogens is 1. The molecule has 1 N–H and O–H groups in total. The molecule has 9 heteroatoms. The number of aromatic amines is 1. The molecule has 7 nitrogen and oxygen atoms in total. The van der Waals surface area contributed by atoms with Crippen molar-refractivity contribution in [1.82, 2.24) is 14.9 Å². The Morgan fingerprint density at radius 2 is 1.70 bits per heavy atom. The lowest BCUT2D eigenvalue weighted by molar-refractivity contribution is 0.324. The molecule has 0 saturated heterocycles. The summed E-state index contributed by atoms with van der Waals surface area (Å²) in [6.07, 6.45) is 1.67. The average molecular weight is 405 g/mol. The van der Waals surface area contributed by atoms with Gasteiger partial charge in [-0.15, -0.1) is 0 Å². The highest BCUT2D eigenvalue weighted by Crippen LogP contribution is 2.40. The van der Waals surface area contributed by atoms with E-state index in [1.54, 1.807) is 51.8 Å². The Morgan fingerprint density at radius 3 is 2.26 bits per heavy atom. The number of aromatic nitrogens is 3.